The van der Waals surface area contributed by atoms with E-state index >= 15 is 0 Å². The molecule has 7 nitrogen and oxygen atoms in total. The summed E-state index contributed by atoms with van der Waals surface area (Å²) in [5.74, 6) is -1.58. The number of benzene rings is 3. The van der Waals surface area contributed by atoms with E-state index in [0.717, 1.165) is 12.8 Å². The quantitative estimate of drug-likeness (QED) is 0.0916. The average Bonchev–Trinajstić information content (AvgIpc) is 3.07. The Morgan fingerprint density at radius 2 is 1.20 bits per heavy atom. The number of esters is 3. The van der Waals surface area contributed by atoms with Crippen LogP contribution < -0.4 is 0 Å². The van der Waals surface area contributed by atoms with Crippen molar-refractivity contribution in [1.82, 2.24) is 0 Å². The summed E-state index contributed by atoms with van der Waals surface area (Å²) in [6.07, 6.45) is 2.37. The summed E-state index contributed by atoms with van der Waals surface area (Å²) in [5, 5.41) is 2.39. The van der Waals surface area contributed by atoms with Crippen LogP contribution in [-0.2, 0) is 18.9 Å². The van der Waals surface area contributed by atoms with Gasteiger partial charge in [0.05, 0.1) is 0 Å². The van der Waals surface area contributed by atoms with Crippen LogP contribution in [0.15, 0.2) is 91.0 Å². The molecule has 1 fully saturated rings. The second-order valence-electron chi connectivity index (χ2n) is 10.6. The molecule has 0 bridgehead atoms. The van der Waals surface area contributed by atoms with Gasteiger partial charge in [-0.25, -0.2) is 0 Å². The van der Waals surface area contributed by atoms with Crippen molar-refractivity contribution in [3.05, 3.63) is 108 Å². The van der Waals surface area contributed by atoms with Gasteiger partial charge in [0.15, 0.2) is 0 Å². The molecule has 0 N–H and O–H groups in total. The van der Waals surface area contributed by atoms with E-state index in [9.17, 15) is 14.4 Å². The fourth-order valence-corrected chi connectivity index (χ4v) is 14.7. The Labute approximate surface area is 268 Å². The third kappa shape index (κ3) is 10.3. The Hall–Kier alpha value is -3.06. The molecule has 0 amide bonds. The topological polar surface area (TPSA) is 88.1 Å². The zero-order valence-electron chi connectivity index (χ0n) is 25.3. The first-order valence-electron chi connectivity index (χ1n) is 15.3. The summed E-state index contributed by atoms with van der Waals surface area (Å²) in [4.78, 5) is 39.5. The molecule has 3 aromatic carbocycles. The van der Waals surface area contributed by atoms with Gasteiger partial charge in [0.1, 0.15) is 0 Å². The molecule has 1 aliphatic rings. The van der Waals surface area contributed by atoms with E-state index in [4.69, 9.17) is 18.9 Å². The molecule has 4 unspecified atom stereocenters. The van der Waals surface area contributed by atoms with Gasteiger partial charge < -0.3 is 0 Å². The molecule has 0 saturated carbocycles. The van der Waals surface area contributed by atoms with Gasteiger partial charge in [-0.05, 0) is 0 Å². The second-order valence-corrected chi connectivity index (χ2v) is 19.2. The number of hydrogen-bond acceptors (Lipinski definition) is 8. The Morgan fingerprint density at radius 1 is 0.727 bits per heavy atom. The van der Waals surface area contributed by atoms with Crippen LogP contribution >= 0.6 is 10.0 Å². The molecule has 0 radical (unpaired) electrons. The van der Waals surface area contributed by atoms with Crippen molar-refractivity contribution in [2.75, 3.05) is 6.61 Å². The van der Waals surface area contributed by atoms with Gasteiger partial charge in [-0.2, -0.15) is 0 Å². The van der Waals surface area contributed by atoms with Gasteiger partial charge in [-0.3, -0.25) is 0 Å². The van der Waals surface area contributed by atoms with Crippen molar-refractivity contribution in [1.29, 1.82) is 0 Å². The number of carbonyl (C=O) groups excluding carboxylic acids is 3. The number of ether oxygens (including phenoxy) is 4. The monoisotopic (exact) mass is 680 g/mol. The molecule has 9 heteroatoms. The van der Waals surface area contributed by atoms with E-state index < -0.39 is 49.7 Å². The predicted octanol–water partition coefficient (Wildman–Crippen LogP) is 7.73. The van der Waals surface area contributed by atoms with Crippen molar-refractivity contribution in [3.8, 4) is 0 Å². The number of carbonyl (C=O) groups is 3. The average molecular weight is 681 g/mol. The maximum absolute atomic E-state index is 13.3. The first kappa shape index (κ1) is 33.8. The molecule has 1 saturated heterocycles. The number of rotatable bonds is 15. The first-order chi connectivity index (χ1) is 21.5. The first-order valence-corrected chi connectivity index (χ1v) is 21.1. The number of hydrogen-bond donors (Lipinski definition) is 0. The van der Waals surface area contributed by atoms with Crippen molar-refractivity contribution in [3.63, 3.8) is 0 Å². The summed E-state index contributed by atoms with van der Waals surface area (Å²) >= 11 is -1.32. The fraction of sp³-hybridized carbons (Fsp3) is 0.400. The molecule has 44 heavy (non-hydrogen) atoms. The Morgan fingerprint density at radius 3 is 1.70 bits per heavy atom. The van der Waals surface area contributed by atoms with E-state index in [-0.39, 0.29) is 12.0 Å². The third-order valence-electron chi connectivity index (χ3n) is 7.18. The van der Waals surface area contributed by atoms with E-state index in [0.29, 0.717) is 23.1 Å². The van der Waals surface area contributed by atoms with Gasteiger partial charge in [0.2, 0.25) is 0 Å². The van der Waals surface area contributed by atoms with Crippen LogP contribution in [0, 0.1) is 0 Å². The fourth-order valence-electron chi connectivity index (χ4n) is 4.77. The summed E-state index contributed by atoms with van der Waals surface area (Å²) in [5.41, 5.74) is 0.890. The molecule has 0 aromatic heterocycles. The molecule has 1 heterocycles. The van der Waals surface area contributed by atoms with Crippen molar-refractivity contribution >= 4 is 41.4 Å². The second kappa shape index (κ2) is 18.0. The minimum atomic E-state index is -1.32. The molecule has 0 aliphatic carbocycles. The molecule has 4 rings (SSSR count). The van der Waals surface area contributed by atoms with Crippen LogP contribution in [0.3, 0.4) is 0 Å². The maximum atomic E-state index is 13.3. The van der Waals surface area contributed by atoms with Crippen molar-refractivity contribution in [2.45, 2.75) is 80.1 Å². The SMILES string of the molecule is CCCC[As](CCCC)SC1CC(OC(=O)c2ccccc2)C(OC(=O)c2ccccc2)C(COC(=O)c2ccccc2)O1. The molecular weight excluding hydrogens is 639 g/mol. The molecule has 4 atom stereocenters. The van der Waals surface area contributed by atoms with Gasteiger partial charge in [-0.1, -0.05) is 0 Å². The summed E-state index contributed by atoms with van der Waals surface area (Å²) < 4.78 is 24.4. The van der Waals surface area contributed by atoms with Crippen molar-refractivity contribution in [2.24, 2.45) is 0 Å². The zero-order chi connectivity index (χ0) is 31.1. The van der Waals surface area contributed by atoms with Gasteiger partial charge in [-0.15, -0.1) is 0 Å². The Kier molecular flexibility index (Phi) is 13.9. The van der Waals surface area contributed by atoms with Gasteiger partial charge in [0.25, 0.3) is 0 Å². The Balaban J connectivity index is 1.61. The van der Waals surface area contributed by atoms with Crippen LogP contribution in [0.4, 0.5) is 0 Å². The minimum absolute atomic E-state index is 0.159. The molecule has 234 valence electrons. The molecule has 1 aliphatic heterocycles. The van der Waals surface area contributed by atoms with Gasteiger partial charge in [0, 0.05) is 0 Å². The van der Waals surface area contributed by atoms with E-state index in [1.54, 1.807) is 72.8 Å². The van der Waals surface area contributed by atoms with E-state index in [1.165, 1.54) is 23.3 Å². The van der Waals surface area contributed by atoms with Gasteiger partial charge >= 0.3 is 269 Å². The van der Waals surface area contributed by atoms with Crippen LogP contribution in [0.25, 0.3) is 0 Å². The summed E-state index contributed by atoms with van der Waals surface area (Å²) in [7, 11) is 1.88. The standard InChI is InChI=1S/C35H41AsO7S/c1-3-5-22-36(23-6-4-2)44-31-24-29(42-34(38)27-18-12-8-13-19-27)32(43-35(39)28-20-14-9-15-21-28)30(41-31)25-40-33(37)26-16-10-7-11-17-26/h7-21,29-32H,3-6,22-25H2,1-2H3. The zero-order valence-corrected chi connectivity index (χ0v) is 28.0. The van der Waals surface area contributed by atoms with Crippen LogP contribution in [0.2, 0.25) is 10.4 Å². The van der Waals surface area contributed by atoms with Crippen LogP contribution in [-0.4, -0.2) is 61.8 Å². The molecule has 0 spiro atoms. The van der Waals surface area contributed by atoms with Crippen molar-refractivity contribution < 1.29 is 33.3 Å². The van der Waals surface area contributed by atoms with Crippen LogP contribution in [0.5, 0.6) is 0 Å². The summed E-state index contributed by atoms with van der Waals surface area (Å²) in [6, 6.07) is 26.1. The van der Waals surface area contributed by atoms with E-state index in [2.05, 4.69) is 13.8 Å². The molecule has 3 aromatic rings. The Bertz CT molecular complexity index is 1300. The normalized spacial score (nSPS) is 19.7. The predicted molar refractivity (Wildman–Crippen MR) is 174 cm³/mol. The number of unbranched alkanes of at least 4 members (excludes halogenated alkanes) is 2. The van der Waals surface area contributed by atoms with Crippen LogP contribution in [0.1, 0.15) is 77.0 Å². The summed E-state index contributed by atoms with van der Waals surface area (Å²) in [6.45, 7) is 4.25. The third-order valence-corrected chi connectivity index (χ3v) is 16.7. The van der Waals surface area contributed by atoms with E-state index in [1.807, 2.05) is 28.2 Å². The molecular formula is C35H41AsO7S.